The van der Waals surface area contributed by atoms with E-state index in [1.54, 1.807) is 6.20 Å². The van der Waals surface area contributed by atoms with Crippen LogP contribution >= 0.6 is 0 Å². The molecule has 0 atom stereocenters. The lowest BCUT2D eigenvalue weighted by atomic mass is 10.1. The highest BCUT2D eigenvalue weighted by atomic mass is 15.1. The van der Waals surface area contributed by atoms with E-state index in [4.69, 9.17) is 9.97 Å². The number of para-hydroxylation sites is 2. The van der Waals surface area contributed by atoms with E-state index < -0.39 is 0 Å². The van der Waals surface area contributed by atoms with Gasteiger partial charge in [0.15, 0.2) is 5.82 Å². The van der Waals surface area contributed by atoms with Crippen molar-refractivity contribution in [3.63, 3.8) is 0 Å². The molecule has 134 valence electrons. The highest BCUT2D eigenvalue weighted by Gasteiger charge is 2.13. The van der Waals surface area contributed by atoms with Crippen molar-refractivity contribution >= 4 is 22.4 Å². The first-order valence-corrected chi connectivity index (χ1v) is 8.89. The summed E-state index contributed by atoms with van der Waals surface area (Å²) in [6.07, 6.45) is 1.80. The summed E-state index contributed by atoms with van der Waals surface area (Å²) in [7, 11) is 4.06. The van der Waals surface area contributed by atoms with Gasteiger partial charge in [0, 0.05) is 36.9 Å². The maximum absolute atomic E-state index is 4.85. The second-order valence-electron chi connectivity index (χ2n) is 6.50. The van der Waals surface area contributed by atoms with Gasteiger partial charge in [-0.2, -0.15) is 0 Å². The quantitative estimate of drug-likeness (QED) is 0.576. The molecular weight excluding hydrogens is 334 g/mol. The minimum absolute atomic E-state index is 0.608. The fourth-order valence-electron chi connectivity index (χ4n) is 3.06. The molecule has 4 aromatic rings. The zero-order chi connectivity index (χ0) is 18.6. The lowest BCUT2D eigenvalue weighted by molar-refractivity contribution is 1.03. The number of rotatable bonds is 5. The van der Waals surface area contributed by atoms with E-state index in [0.29, 0.717) is 12.4 Å². The molecule has 2 aromatic carbocycles. The minimum Gasteiger partial charge on any atom is -0.377 e. The Morgan fingerprint density at radius 1 is 0.852 bits per heavy atom. The van der Waals surface area contributed by atoms with E-state index in [0.717, 1.165) is 33.7 Å². The molecule has 5 nitrogen and oxygen atoms in total. The first kappa shape index (κ1) is 17.0. The summed E-state index contributed by atoms with van der Waals surface area (Å²) in [6, 6.07) is 22.1. The van der Waals surface area contributed by atoms with Gasteiger partial charge in [0.05, 0.1) is 17.8 Å². The van der Waals surface area contributed by atoms with E-state index in [1.807, 2.05) is 68.7 Å². The standard InChI is InChI=1S/C22H21N5/c1-27(2)20-13-6-4-11-18(20)22-25-19-12-5-3-10-17(19)21(26-22)24-15-16-9-7-8-14-23-16/h3-14H,15H2,1-2H3,(H,24,25,26). The van der Waals surface area contributed by atoms with Gasteiger partial charge in [-0.1, -0.05) is 30.3 Å². The Balaban J connectivity index is 1.79. The van der Waals surface area contributed by atoms with Crippen LogP contribution in [0.5, 0.6) is 0 Å². The molecular formula is C22H21N5. The summed E-state index contributed by atoms with van der Waals surface area (Å²) >= 11 is 0. The average molecular weight is 355 g/mol. The summed E-state index contributed by atoms with van der Waals surface area (Å²) in [4.78, 5) is 16.1. The van der Waals surface area contributed by atoms with Crippen LogP contribution in [-0.4, -0.2) is 29.0 Å². The number of pyridine rings is 1. The molecule has 0 aliphatic rings. The molecule has 0 aliphatic heterocycles. The predicted octanol–water partition coefficient (Wildman–Crippen LogP) is 4.37. The molecule has 0 saturated heterocycles. The second-order valence-corrected chi connectivity index (χ2v) is 6.50. The third kappa shape index (κ3) is 3.58. The van der Waals surface area contributed by atoms with E-state index in [9.17, 15) is 0 Å². The molecule has 2 aromatic heterocycles. The maximum atomic E-state index is 4.85. The van der Waals surface area contributed by atoms with Crippen molar-refractivity contribution in [2.45, 2.75) is 6.54 Å². The van der Waals surface area contributed by atoms with E-state index in [1.165, 1.54) is 0 Å². The van der Waals surface area contributed by atoms with Crippen LogP contribution in [0.1, 0.15) is 5.69 Å². The van der Waals surface area contributed by atoms with Crippen LogP contribution in [-0.2, 0) is 6.54 Å². The fourth-order valence-corrected chi connectivity index (χ4v) is 3.06. The number of aromatic nitrogens is 3. The van der Waals surface area contributed by atoms with Crippen molar-refractivity contribution < 1.29 is 0 Å². The fraction of sp³-hybridized carbons (Fsp3) is 0.136. The van der Waals surface area contributed by atoms with Gasteiger partial charge in [0.1, 0.15) is 5.82 Å². The first-order chi connectivity index (χ1) is 13.2. The first-order valence-electron chi connectivity index (χ1n) is 8.89. The molecule has 0 radical (unpaired) electrons. The molecule has 5 heteroatoms. The van der Waals surface area contributed by atoms with Gasteiger partial charge in [0.2, 0.25) is 0 Å². The summed E-state index contributed by atoms with van der Waals surface area (Å²) < 4.78 is 0. The largest absolute Gasteiger partial charge is 0.377 e. The molecule has 27 heavy (non-hydrogen) atoms. The number of benzene rings is 2. The molecule has 0 bridgehead atoms. The zero-order valence-corrected chi connectivity index (χ0v) is 15.4. The Labute approximate surface area is 158 Å². The summed E-state index contributed by atoms with van der Waals surface area (Å²) in [5, 5.41) is 4.44. The average Bonchev–Trinajstić information content (AvgIpc) is 2.72. The molecule has 4 rings (SSSR count). The van der Waals surface area contributed by atoms with Crippen molar-refractivity contribution in [3.05, 3.63) is 78.6 Å². The molecule has 0 unspecified atom stereocenters. The van der Waals surface area contributed by atoms with Crippen LogP contribution in [0, 0.1) is 0 Å². The smallest absolute Gasteiger partial charge is 0.164 e. The van der Waals surface area contributed by atoms with Crippen LogP contribution < -0.4 is 10.2 Å². The van der Waals surface area contributed by atoms with Gasteiger partial charge in [-0.05, 0) is 36.4 Å². The van der Waals surface area contributed by atoms with Crippen LogP contribution in [0.4, 0.5) is 11.5 Å². The topological polar surface area (TPSA) is 53.9 Å². The highest BCUT2D eigenvalue weighted by Crippen LogP contribution is 2.30. The zero-order valence-electron chi connectivity index (χ0n) is 15.4. The second kappa shape index (κ2) is 7.41. The molecule has 0 fully saturated rings. The van der Waals surface area contributed by atoms with Crippen molar-refractivity contribution in [1.82, 2.24) is 15.0 Å². The Kier molecular flexibility index (Phi) is 4.66. The summed E-state index contributed by atoms with van der Waals surface area (Å²) in [5.74, 6) is 1.52. The number of hydrogen-bond donors (Lipinski definition) is 1. The van der Waals surface area contributed by atoms with Crippen LogP contribution in [0.3, 0.4) is 0 Å². The number of nitrogens with zero attached hydrogens (tertiary/aromatic N) is 4. The monoisotopic (exact) mass is 355 g/mol. The third-order valence-electron chi connectivity index (χ3n) is 4.39. The van der Waals surface area contributed by atoms with E-state index in [2.05, 4.69) is 27.3 Å². The Morgan fingerprint density at radius 3 is 2.44 bits per heavy atom. The van der Waals surface area contributed by atoms with Gasteiger partial charge in [-0.3, -0.25) is 4.98 Å². The number of fused-ring (bicyclic) bond motifs is 1. The molecule has 0 spiro atoms. The van der Waals surface area contributed by atoms with Crippen molar-refractivity contribution in [1.29, 1.82) is 0 Å². The van der Waals surface area contributed by atoms with Crippen LogP contribution in [0.2, 0.25) is 0 Å². The van der Waals surface area contributed by atoms with Crippen LogP contribution in [0.15, 0.2) is 72.9 Å². The molecule has 2 heterocycles. The SMILES string of the molecule is CN(C)c1ccccc1-c1nc(NCc2ccccn2)c2ccccc2n1. The lowest BCUT2D eigenvalue weighted by Crippen LogP contribution is -2.11. The van der Waals surface area contributed by atoms with Gasteiger partial charge < -0.3 is 10.2 Å². The minimum atomic E-state index is 0.608. The van der Waals surface area contributed by atoms with E-state index >= 15 is 0 Å². The van der Waals surface area contributed by atoms with Gasteiger partial charge in [-0.15, -0.1) is 0 Å². The Bertz CT molecular complexity index is 1060. The number of nitrogens with one attached hydrogen (secondary N) is 1. The highest BCUT2D eigenvalue weighted by molar-refractivity contribution is 5.91. The van der Waals surface area contributed by atoms with Crippen molar-refractivity contribution in [3.8, 4) is 11.4 Å². The Morgan fingerprint density at radius 2 is 1.63 bits per heavy atom. The van der Waals surface area contributed by atoms with Gasteiger partial charge in [-0.25, -0.2) is 9.97 Å². The lowest BCUT2D eigenvalue weighted by Gasteiger charge is -2.17. The Hall–Kier alpha value is -3.47. The normalized spacial score (nSPS) is 10.7. The van der Waals surface area contributed by atoms with Gasteiger partial charge in [0.25, 0.3) is 0 Å². The van der Waals surface area contributed by atoms with Gasteiger partial charge >= 0.3 is 0 Å². The van der Waals surface area contributed by atoms with Crippen molar-refractivity contribution in [2.24, 2.45) is 0 Å². The van der Waals surface area contributed by atoms with E-state index in [-0.39, 0.29) is 0 Å². The number of hydrogen-bond acceptors (Lipinski definition) is 5. The maximum Gasteiger partial charge on any atom is 0.164 e. The predicted molar refractivity (Wildman–Crippen MR) is 111 cm³/mol. The molecule has 0 amide bonds. The molecule has 0 saturated carbocycles. The summed E-state index contributed by atoms with van der Waals surface area (Å²) in [6.45, 7) is 0.608. The molecule has 1 N–H and O–H groups in total. The summed E-state index contributed by atoms with van der Waals surface area (Å²) in [5.41, 5.74) is 3.98. The van der Waals surface area contributed by atoms with Crippen LogP contribution in [0.25, 0.3) is 22.3 Å². The molecule has 0 aliphatic carbocycles. The third-order valence-corrected chi connectivity index (χ3v) is 4.39. The van der Waals surface area contributed by atoms with Crippen molar-refractivity contribution in [2.75, 3.05) is 24.3 Å². The number of anilines is 2.